The zero-order valence-corrected chi connectivity index (χ0v) is 14.2. The normalized spacial score (nSPS) is 10.6. The minimum atomic E-state index is -0.570. The standard InChI is InChI=1S/C14H16ClN3O4S/c1-3-22-13(19)12-11(10-9(23-12)5-4-6-16-10)17-14(20)18(15)7-8-21-2/h4-6H,3,7-8H2,1-2H3,(H,17,20). The maximum atomic E-state index is 12.1. The number of nitrogens with one attached hydrogen (secondary N) is 1. The smallest absolute Gasteiger partial charge is 0.350 e. The van der Waals surface area contributed by atoms with Gasteiger partial charge >= 0.3 is 12.0 Å². The lowest BCUT2D eigenvalue weighted by Crippen LogP contribution is -2.30. The summed E-state index contributed by atoms with van der Waals surface area (Å²) in [6, 6.07) is 3.00. The van der Waals surface area contributed by atoms with E-state index in [1.165, 1.54) is 18.4 Å². The second kappa shape index (κ2) is 8.09. The van der Waals surface area contributed by atoms with E-state index in [0.717, 1.165) is 9.12 Å². The van der Waals surface area contributed by atoms with E-state index in [4.69, 9.17) is 21.3 Å². The van der Waals surface area contributed by atoms with Gasteiger partial charge in [0.1, 0.15) is 10.4 Å². The molecule has 0 fully saturated rings. The van der Waals surface area contributed by atoms with Gasteiger partial charge in [-0.3, -0.25) is 4.98 Å². The third kappa shape index (κ3) is 4.10. The molecule has 0 aliphatic carbocycles. The number of fused-ring (bicyclic) bond motifs is 1. The Kier molecular flexibility index (Phi) is 6.14. The highest BCUT2D eigenvalue weighted by Crippen LogP contribution is 2.35. The Hall–Kier alpha value is -1.90. The van der Waals surface area contributed by atoms with E-state index in [1.807, 2.05) is 6.07 Å². The second-order valence-corrected chi connectivity index (χ2v) is 5.85. The summed E-state index contributed by atoms with van der Waals surface area (Å²) in [5, 5.41) is 2.63. The lowest BCUT2D eigenvalue weighted by Gasteiger charge is -2.14. The Balaban J connectivity index is 2.32. The Morgan fingerprint density at radius 1 is 1.48 bits per heavy atom. The van der Waals surface area contributed by atoms with Gasteiger partial charge in [-0.15, -0.1) is 11.3 Å². The molecule has 2 aromatic rings. The third-order valence-electron chi connectivity index (χ3n) is 2.85. The first kappa shape index (κ1) is 17.5. The minimum absolute atomic E-state index is 0.203. The summed E-state index contributed by atoms with van der Waals surface area (Å²) in [7, 11) is 1.51. The minimum Gasteiger partial charge on any atom is -0.462 e. The zero-order chi connectivity index (χ0) is 16.8. The maximum Gasteiger partial charge on any atom is 0.350 e. The molecule has 2 amide bonds. The van der Waals surface area contributed by atoms with Crippen molar-refractivity contribution in [2.45, 2.75) is 6.92 Å². The SMILES string of the molecule is CCOC(=O)c1sc2cccnc2c1NC(=O)N(Cl)CCOC. The topological polar surface area (TPSA) is 80.8 Å². The van der Waals surface area contributed by atoms with Gasteiger partial charge in [0.15, 0.2) is 0 Å². The van der Waals surface area contributed by atoms with Crippen molar-refractivity contribution in [3.63, 3.8) is 0 Å². The highest BCUT2D eigenvalue weighted by molar-refractivity contribution is 7.21. The van der Waals surface area contributed by atoms with Gasteiger partial charge < -0.3 is 14.8 Å². The number of hydrogen-bond acceptors (Lipinski definition) is 6. The number of esters is 1. The van der Waals surface area contributed by atoms with E-state index in [9.17, 15) is 9.59 Å². The Morgan fingerprint density at radius 3 is 2.96 bits per heavy atom. The van der Waals surface area contributed by atoms with E-state index in [-0.39, 0.29) is 18.0 Å². The molecule has 0 radical (unpaired) electrons. The zero-order valence-electron chi connectivity index (χ0n) is 12.7. The largest absolute Gasteiger partial charge is 0.462 e. The van der Waals surface area contributed by atoms with E-state index in [1.54, 1.807) is 19.2 Å². The van der Waals surface area contributed by atoms with Crippen molar-refractivity contribution in [2.75, 3.05) is 32.2 Å². The number of thiophene rings is 1. The monoisotopic (exact) mass is 357 g/mol. The number of urea groups is 1. The van der Waals surface area contributed by atoms with Crippen LogP contribution >= 0.6 is 23.1 Å². The summed E-state index contributed by atoms with van der Waals surface area (Å²) < 4.78 is 11.6. The number of anilines is 1. The van der Waals surface area contributed by atoms with Crippen LogP contribution in [-0.4, -0.2) is 48.3 Å². The molecule has 0 aliphatic heterocycles. The first-order valence-electron chi connectivity index (χ1n) is 6.86. The number of halogens is 1. The maximum absolute atomic E-state index is 12.1. The van der Waals surface area contributed by atoms with E-state index in [2.05, 4.69) is 10.3 Å². The van der Waals surface area contributed by atoms with Crippen molar-refractivity contribution < 1.29 is 19.1 Å². The number of aromatic nitrogens is 1. The van der Waals surface area contributed by atoms with Crippen LogP contribution in [0.4, 0.5) is 10.5 Å². The van der Waals surface area contributed by atoms with Gasteiger partial charge in [-0.1, -0.05) is 0 Å². The highest BCUT2D eigenvalue weighted by Gasteiger charge is 2.23. The van der Waals surface area contributed by atoms with E-state index >= 15 is 0 Å². The van der Waals surface area contributed by atoms with Crippen LogP contribution < -0.4 is 5.32 Å². The van der Waals surface area contributed by atoms with Crippen molar-refractivity contribution in [1.29, 1.82) is 0 Å². The molecule has 7 nitrogen and oxygen atoms in total. The Morgan fingerprint density at radius 2 is 2.26 bits per heavy atom. The van der Waals surface area contributed by atoms with Gasteiger partial charge in [0.25, 0.3) is 0 Å². The van der Waals surface area contributed by atoms with Gasteiger partial charge in [0, 0.05) is 25.1 Å². The van der Waals surface area contributed by atoms with Crippen molar-refractivity contribution in [3.8, 4) is 0 Å². The van der Waals surface area contributed by atoms with Gasteiger partial charge in [0.2, 0.25) is 0 Å². The van der Waals surface area contributed by atoms with Crippen molar-refractivity contribution in [3.05, 3.63) is 23.2 Å². The lowest BCUT2D eigenvalue weighted by atomic mass is 10.3. The Bertz CT molecular complexity index is 706. The van der Waals surface area contributed by atoms with Crippen molar-refractivity contribution in [1.82, 2.24) is 9.40 Å². The number of rotatable bonds is 6. The molecule has 1 N–H and O–H groups in total. The molecule has 0 aliphatic rings. The van der Waals surface area contributed by atoms with Gasteiger partial charge in [-0.2, -0.15) is 0 Å². The molecule has 0 atom stereocenters. The summed E-state index contributed by atoms with van der Waals surface area (Å²) >= 11 is 7.08. The molecule has 124 valence electrons. The molecule has 0 unspecified atom stereocenters. The fourth-order valence-electron chi connectivity index (χ4n) is 1.83. The van der Waals surface area contributed by atoms with Crippen LogP contribution in [-0.2, 0) is 9.47 Å². The number of pyridine rings is 1. The first-order valence-corrected chi connectivity index (χ1v) is 8.01. The third-order valence-corrected chi connectivity index (χ3v) is 4.30. The molecular weight excluding hydrogens is 342 g/mol. The van der Waals surface area contributed by atoms with Crippen LogP contribution in [0.3, 0.4) is 0 Å². The van der Waals surface area contributed by atoms with E-state index in [0.29, 0.717) is 17.8 Å². The van der Waals surface area contributed by atoms with Gasteiger partial charge in [0.05, 0.1) is 30.1 Å². The molecule has 0 saturated heterocycles. The van der Waals surface area contributed by atoms with Crippen LogP contribution in [0.5, 0.6) is 0 Å². The molecule has 9 heteroatoms. The summed E-state index contributed by atoms with van der Waals surface area (Å²) in [4.78, 5) is 28.7. The van der Waals surface area contributed by atoms with Gasteiger partial charge in [-0.05, 0) is 19.1 Å². The number of carbonyl (C=O) groups is 2. The molecule has 2 rings (SSSR count). The van der Waals surface area contributed by atoms with Crippen LogP contribution in [0, 0.1) is 0 Å². The van der Waals surface area contributed by atoms with Crippen molar-refractivity contribution in [2.24, 2.45) is 0 Å². The summed E-state index contributed by atoms with van der Waals surface area (Å²) in [5.74, 6) is -0.510. The number of nitrogens with zero attached hydrogens (tertiary/aromatic N) is 2. The fraction of sp³-hybridized carbons (Fsp3) is 0.357. The van der Waals surface area contributed by atoms with Crippen molar-refractivity contribution >= 4 is 51.0 Å². The summed E-state index contributed by atoms with van der Waals surface area (Å²) in [6.45, 7) is 2.45. The number of amides is 2. The molecule has 0 saturated carbocycles. The number of methoxy groups -OCH3 is 1. The molecule has 0 spiro atoms. The molecule has 0 aromatic carbocycles. The fourth-order valence-corrected chi connectivity index (χ4v) is 2.95. The number of hydrogen-bond donors (Lipinski definition) is 1. The average Bonchev–Trinajstić information content (AvgIpc) is 2.91. The molecule has 23 heavy (non-hydrogen) atoms. The van der Waals surface area contributed by atoms with Gasteiger partial charge in [-0.25, -0.2) is 14.0 Å². The van der Waals surface area contributed by atoms with Crippen LogP contribution in [0.2, 0.25) is 0 Å². The highest BCUT2D eigenvalue weighted by atomic mass is 35.5. The quantitative estimate of drug-likeness (QED) is 0.634. The predicted octanol–water partition coefficient (Wildman–Crippen LogP) is 3.11. The summed E-state index contributed by atoms with van der Waals surface area (Å²) in [6.07, 6.45) is 1.59. The average molecular weight is 358 g/mol. The van der Waals surface area contributed by atoms with Crippen LogP contribution in [0.25, 0.3) is 10.2 Å². The second-order valence-electron chi connectivity index (χ2n) is 4.39. The molecule has 0 bridgehead atoms. The predicted molar refractivity (Wildman–Crippen MR) is 89.0 cm³/mol. The summed E-state index contributed by atoms with van der Waals surface area (Å²) in [5.41, 5.74) is 0.822. The van der Waals surface area contributed by atoms with Crippen LogP contribution in [0.1, 0.15) is 16.6 Å². The first-order chi connectivity index (χ1) is 11.1. The van der Waals surface area contributed by atoms with E-state index < -0.39 is 12.0 Å². The lowest BCUT2D eigenvalue weighted by molar-refractivity contribution is 0.0533. The molecule has 2 heterocycles. The molecule has 2 aromatic heterocycles. The number of carbonyl (C=O) groups excluding carboxylic acids is 2. The Labute approximate surface area is 142 Å². The number of ether oxygens (including phenoxy) is 2. The van der Waals surface area contributed by atoms with Crippen LogP contribution in [0.15, 0.2) is 18.3 Å². The molecular formula is C14H16ClN3O4S.